The highest BCUT2D eigenvalue weighted by molar-refractivity contribution is 5.88. The minimum atomic E-state index is -0.319. The summed E-state index contributed by atoms with van der Waals surface area (Å²) in [5.74, 6) is -0.475. The molecule has 0 unspecified atom stereocenters. The Bertz CT molecular complexity index is 374. The second-order valence-corrected chi connectivity index (χ2v) is 5.67. The minimum absolute atomic E-state index is 0.0192. The number of hydrogen-bond acceptors (Lipinski definition) is 3. The van der Waals surface area contributed by atoms with E-state index in [2.05, 4.69) is 16.0 Å². The Labute approximate surface area is 119 Å². The summed E-state index contributed by atoms with van der Waals surface area (Å²) in [4.78, 5) is 34.7. The van der Waals surface area contributed by atoms with Crippen molar-refractivity contribution in [2.45, 2.75) is 51.0 Å². The van der Waals surface area contributed by atoms with E-state index < -0.39 is 0 Å². The molecule has 2 rings (SSSR count). The van der Waals surface area contributed by atoms with Crippen LogP contribution in [0, 0.1) is 5.92 Å². The minimum Gasteiger partial charge on any atom is -0.352 e. The van der Waals surface area contributed by atoms with E-state index in [1.165, 1.54) is 6.42 Å². The van der Waals surface area contributed by atoms with Gasteiger partial charge in [-0.15, -0.1) is 0 Å². The topological polar surface area (TPSA) is 87.3 Å². The van der Waals surface area contributed by atoms with Crippen molar-refractivity contribution in [1.29, 1.82) is 0 Å². The van der Waals surface area contributed by atoms with Crippen molar-refractivity contribution in [2.24, 2.45) is 5.92 Å². The summed E-state index contributed by atoms with van der Waals surface area (Å²) in [7, 11) is 0. The predicted molar refractivity (Wildman–Crippen MR) is 73.8 cm³/mol. The van der Waals surface area contributed by atoms with E-state index in [0.29, 0.717) is 6.04 Å². The van der Waals surface area contributed by atoms with Gasteiger partial charge in [-0.2, -0.15) is 0 Å². The lowest BCUT2D eigenvalue weighted by Crippen LogP contribution is -2.43. The van der Waals surface area contributed by atoms with Gasteiger partial charge in [0.15, 0.2) is 0 Å². The first kappa shape index (κ1) is 14.8. The molecule has 0 atom stereocenters. The van der Waals surface area contributed by atoms with Crippen LogP contribution in [0.1, 0.15) is 44.9 Å². The van der Waals surface area contributed by atoms with Gasteiger partial charge in [0.05, 0.1) is 13.1 Å². The van der Waals surface area contributed by atoms with Gasteiger partial charge in [-0.25, -0.2) is 0 Å². The molecule has 0 heterocycles. The highest BCUT2D eigenvalue weighted by atomic mass is 16.2. The fraction of sp³-hybridized carbons (Fsp3) is 0.786. The fourth-order valence-electron chi connectivity index (χ4n) is 2.42. The molecule has 0 spiro atoms. The molecule has 2 aliphatic carbocycles. The van der Waals surface area contributed by atoms with E-state index in [4.69, 9.17) is 0 Å². The third-order valence-corrected chi connectivity index (χ3v) is 3.79. The first-order chi connectivity index (χ1) is 9.65. The molecule has 2 fully saturated rings. The van der Waals surface area contributed by atoms with Crippen LogP contribution in [-0.4, -0.2) is 36.9 Å². The van der Waals surface area contributed by atoms with E-state index in [-0.39, 0.29) is 36.7 Å². The Morgan fingerprint density at radius 3 is 2.10 bits per heavy atom. The van der Waals surface area contributed by atoms with Crippen LogP contribution in [0.5, 0.6) is 0 Å². The summed E-state index contributed by atoms with van der Waals surface area (Å²) in [6, 6.07) is 0.297. The van der Waals surface area contributed by atoms with Crippen molar-refractivity contribution < 1.29 is 14.4 Å². The van der Waals surface area contributed by atoms with Crippen molar-refractivity contribution >= 4 is 17.7 Å². The average Bonchev–Trinajstić information content (AvgIpc) is 3.27. The molecule has 2 saturated carbocycles. The molecule has 6 heteroatoms. The maximum Gasteiger partial charge on any atom is 0.239 e. The SMILES string of the molecule is O=C(CNC(=O)C1CCCCC1)NCC(=O)NC1CC1. The number of carbonyl (C=O) groups is 3. The molecule has 112 valence electrons. The van der Waals surface area contributed by atoms with Gasteiger partial charge in [-0.3, -0.25) is 14.4 Å². The molecule has 6 nitrogen and oxygen atoms in total. The van der Waals surface area contributed by atoms with E-state index in [9.17, 15) is 14.4 Å². The standard InChI is InChI=1S/C14H23N3O3/c18-12(15-9-13(19)17-11-6-7-11)8-16-14(20)10-4-2-1-3-5-10/h10-11H,1-9H2,(H,15,18)(H,16,20)(H,17,19). The predicted octanol–water partition coefficient (Wildman–Crippen LogP) is 0.0777. The normalized spacial score (nSPS) is 19.2. The lowest BCUT2D eigenvalue weighted by atomic mass is 9.89. The number of rotatable bonds is 6. The summed E-state index contributed by atoms with van der Waals surface area (Å²) in [5, 5.41) is 7.94. The Balaban J connectivity index is 1.56. The third kappa shape index (κ3) is 5.19. The average molecular weight is 281 g/mol. The van der Waals surface area contributed by atoms with Gasteiger partial charge in [0.25, 0.3) is 0 Å². The molecule has 3 N–H and O–H groups in total. The summed E-state index contributed by atoms with van der Waals surface area (Å²) < 4.78 is 0. The van der Waals surface area contributed by atoms with Gasteiger partial charge in [-0.1, -0.05) is 19.3 Å². The highest BCUT2D eigenvalue weighted by Crippen LogP contribution is 2.23. The van der Waals surface area contributed by atoms with Gasteiger partial charge >= 0.3 is 0 Å². The first-order valence-corrected chi connectivity index (χ1v) is 7.49. The van der Waals surface area contributed by atoms with Crippen molar-refractivity contribution in [3.05, 3.63) is 0 Å². The Hall–Kier alpha value is -1.59. The van der Waals surface area contributed by atoms with Gasteiger partial charge < -0.3 is 16.0 Å². The smallest absolute Gasteiger partial charge is 0.239 e. The number of carbonyl (C=O) groups excluding carboxylic acids is 3. The summed E-state index contributed by atoms with van der Waals surface area (Å²) in [6.07, 6.45) is 7.25. The molecule has 3 amide bonds. The van der Waals surface area contributed by atoms with Crippen LogP contribution in [-0.2, 0) is 14.4 Å². The maximum absolute atomic E-state index is 11.8. The van der Waals surface area contributed by atoms with Crippen molar-refractivity contribution in [2.75, 3.05) is 13.1 Å². The van der Waals surface area contributed by atoms with Gasteiger partial charge in [0, 0.05) is 12.0 Å². The van der Waals surface area contributed by atoms with Crippen molar-refractivity contribution in [3.8, 4) is 0 Å². The van der Waals surface area contributed by atoms with E-state index in [0.717, 1.165) is 38.5 Å². The molecule has 0 radical (unpaired) electrons. The quantitative estimate of drug-likeness (QED) is 0.644. The number of nitrogens with one attached hydrogen (secondary N) is 3. The maximum atomic E-state index is 11.8. The van der Waals surface area contributed by atoms with E-state index >= 15 is 0 Å². The molecule has 0 aromatic heterocycles. The molecule has 20 heavy (non-hydrogen) atoms. The van der Waals surface area contributed by atoms with Crippen LogP contribution in [0.3, 0.4) is 0 Å². The largest absolute Gasteiger partial charge is 0.352 e. The Kier molecular flexibility index (Phi) is 5.38. The van der Waals surface area contributed by atoms with Crippen molar-refractivity contribution in [1.82, 2.24) is 16.0 Å². The molecular formula is C14H23N3O3. The monoisotopic (exact) mass is 281 g/mol. The van der Waals surface area contributed by atoms with Crippen LogP contribution >= 0.6 is 0 Å². The molecule has 0 bridgehead atoms. The van der Waals surface area contributed by atoms with Gasteiger partial charge in [0.2, 0.25) is 17.7 Å². The third-order valence-electron chi connectivity index (χ3n) is 3.79. The molecular weight excluding hydrogens is 258 g/mol. The lowest BCUT2D eigenvalue weighted by molar-refractivity contribution is -0.129. The Morgan fingerprint density at radius 2 is 1.45 bits per heavy atom. The molecule has 0 aromatic rings. The zero-order valence-corrected chi connectivity index (χ0v) is 11.7. The first-order valence-electron chi connectivity index (χ1n) is 7.49. The summed E-state index contributed by atoms with van der Waals surface area (Å²) in [6.45, 7) is -0.0688. The number of hydrogen-bond donors (Lipinski definition) is 3. The zero-order chi connectivity index (χ0) is 14.4. The Morgan fingerprint density at radius 1 is 0.800 bits per heavy atom. The molecule has 0 aliphatic heterocycles. The number of amides is 3. The molecule has 0 aromatic carbocycles. The van der Waals surface area contributed by atoms with Gasteiger partial charge in [-0.05, 0) is 25.7 Å². The second kappa shape index (κ2) is 7.26. The van der Waals surface area contributed by atoms with Gasteiger partial charge in [0.1, 0.15) is 0 Å². The molecule has 0 saturated heterocycles. The second-order valence-electron chi connectivity index (χ2n) is 5.67. The van der Waals surface area contributed by atoms with Crippen LogP contribution in [0.4, 0.5) is 0 Å². The summed E-state index contributed by atoms with van der Waals surface area (Å²) >= 11 is 0. The lowest BCUT2D eigenvalue weighted by Gasteiger charge is -2.20. The van der Waals surface area contributed by atoms with Crippen LogP contribution in [0.15, 0.2) is 0 Å². The summed E-state index contributed by atoms with van der Waals surface area (Å²) in [5.41, 5.74) is 0. The fourth-order valence-corrected chi connectivity index (χ4v) is 2.42. The zero-order valence-electron chi connectivity index (χ0n) is 11.7. The van der Waals surface area contributed by atoms with Crippen LogP contribution in [0.2, 0.25) is 0 Å². The van der Waals surface area contributed by atoms with Crippen LogP contribution in [0.25, 0.3) is 0 Å². The molecule has 2 aliphatic rings. The van der Waals surface area contributed by atoms with Crippen molar-refractivity contribution in [3.63, 3.8) is 0 Å². The van der Waals surface area contributed by atoms with Crippen LogP contribution < -0.4 is 16.0 Å². The van der Waals surface area contributed by atoms with E-state index in [1.807, 2.05) is 0 Å². The van der Waals surface area contributed by atoms with E-state index in [1.54, 1.807) is 0 Å². The highest BCUT2D eigenvalue weighted by Gasteiger charge is 2.23.